The molecule has 0 aliphatic heterocycles. The molecule has 0 atom stereocenters. The van der Waals surface area contributed by atoms with Gasteiger partial charge in [0, 0.05) is 12.2 Å². The van der Waals surface area contributed by atoms with Crippen LogP contribution in [0, 0.1) is 11.8 Å². The Labute approximate surface area is 129 Å². The van der Waals surface area contributed by atoms with E-state index in [0.717, 1.165) is 12.2 Å². The maximum atomic E-state index is 6.37. The average Bonchev–Trinajstić information content (AvgIpc) is 2.52. The van der Waals surface area contributed by atoms with Crippen LogP contribution in [0.25, 0.3) is 0 Å². The van der Waals surface area contributed by atoms with Gasteiger partial charge in [0.25, 0.3) is 0 Å². The van der Waals surface area contributed by atoms with Crippen molar-refractivity contribution in [2.45, 2.75) is 13.8 Å². The molecule has 0 radical (unpaired) electrons. The van der Waals surface area contributed by atoms with Crippen molar-refractivity contribution >= 4 is 23.1 Å². The van der Waals surface area contributed by atoms with Crippen molar-refractivity contribution in [3.8, 4) is 17.7 Å². The Bertz CT molecular complexity index is 650. The summed E-state index contributed by atoms with van der Waals surface area (Å²) in [5.41, 5.74) is 1.01. The molecule has 0 saturated heterocycles. The summed E-state index contributed by atoms with van der Waals surface area (Å²) in [5, 5.41) is 0.390. The summed E-state index contributed by atoms with van der Waals surface area (Å²) in [4.78, 5) is 10.3. The van der Waals surface area contributed by atoms with E-state index in [0.29, 0.717) is 16.7 Å². The molecule has 1 heterocycles. The molecule has 0 spiro atoms. The Morgan fingerprint density at radius 3 is 2.67 bits per heavy atom. The van der Waals surface area contributed by atoms with Gasteiger partial charge in [0.2, 0.25) is 5.88 Å². The van der Waals surface area contributed by atoms with E-state index in [4.69, 9.17) is 16.3 Å². The van der Waals surface area contributed by atoms with Crippen LogP contribution in [-0.2, 0) is 0 Å². The van der Waals surface area contributed by atoms with Gasteiger partial charge in [-0.2, -0.15) is 0 Å². The molecule has 1 aromatic carbocycles. The molecule has 0 amide bonds. The highest BCUT2D eigenvalue weighted by molar-refractivity contribution is 6.34. The number of hydrogen-bond donors (Lipinski definition) is 0. The average molecular weight is 302 g/mol. The van der Waals surface area contributed by atoms with Crippen molar-refractivity contribution in [3.63, 3.8) is 0 Å². The molecule has 0 bridgehead atoms. The lowest BCUT2D eigenvalue weighted by Crippen LogP contribution is -2.18. The lowest BCUT2D eigenvalue weighted by molar-refractivity contribution is 0.355. The minimum absolute atomic E-state index is 0.254. The third-order valence-corrected chi connectivity index (χ3v) is 3.17. The van der Waals surface area contributed by atoms with Crippen molar-refractivity contribution in [3.05, 3.63) is 41.7 Å². The molecule has 2 rings (SSSR count). The van der Waals surface area contributed by atoms with Crippen LogP contribution >= 0.6 is 11.6 Å². The maximum Gasteiger partial charge on any atom is 0.238 e. The molecule has 21 heavy (non-hydrogen) atoms. The smallest absolute Gasteiger partial charge is 0.238 e. The van der Waals surface area contributed by atoms with Crippen LogP contribution < -0.4 is 9.64 Å². The highest BCUT2D eigenvalue weighted by atomic mass is 35.5. The van der Waals surface area contributed by atoms with Gasteiger partial charge in [-0.25, -0.2) is 9.97 Å². The number of benzene rings is 1. The van der Waals surface area contributed by atoms with E-state index < -0.39 is 0 Å². The molecular formula is C16H16ClN3O. The van der Waals surface area contributed by atoms with E-state index in [9.17, 15) is 0 Å². The Hall–Kier alpha value is -2.25. The van der Waals surface area contributed by atoms with Crippen LogP contribution in [0.2, 0.25) is 5.02 Å². The van der Waals surface area contributed by atoms with Crippen molar-refractivity contribution in [2.24, 2.45) is 0 Å². The topological polar surface area (TPSA) is 38.3 Å². The van der Waals surface area contributed by atoms with E-state index in [1.165, 1.54) is 6.33 Å². The number of rotatable bonds is 5. The van der Waals surface area contributed by atoms with Crippen LogP contribution in [0.15, 0.2) is 36.7 Å². The first kappa shape index (κ1) is 15.1. The summed E-state index contributed by atoms with van der Waals surface area (Å²) < 4.78 is 5.47. The van der Waals surface area contributed by atoms with Gasteiger partial charge in [-0.1, -0.05) is 35.7 Å². The van der Waals surface area contributed by atoms with Crippen LogP contribution in [-0.4, -0.2) is 23.1 Å². The first-order valence-electron chi connectivity index (χ1n) is 6.63. The zero-order chi connectivity index (χ0) is 15.1. The maximum absolute atomic E-state index is 6.37. The standard InChI is InChI=1S/C16H16ClN3O/c1-3-5-11-21-16-14(17)15(18-12-19-16)20(4-2)13-9-7-6-8-10-13/h6-10,12H,4,11H2,1-2H3. The molecule has 4 nitrogen and oxygen atoms in total. The predicted octanol–water partition coefficient (Wildman–Crippen LogP) is 3.69. The minimum atomic E-state index is 0.254. The number of halogens is 1. The van der Waals surface area contributed by atoms with Crippen LogP contribution in [0.1, 0.15) is 13.8 Å². The second-order valence-electron chi connectivity index (χ2n) is 4.11. The fourth-order valence-corrected chi connectivity index (χ4v) is 2.13. The SMILES string of the molecule is CC#CCOc1ncnc(N(CC)c2ccccc2)c1Cl. The van der Waals surface area contributed by atoms with E-state index in [-0.39, 0.29) is 6.61 Å². The number of aromatic nitrogens is 2. The Morgan fingerprint density at radius 2 is 2.00 bits per heavy atom. The molecule has 0 unspecified atom stereocenters. The fourth-order valence-electron chi connectivity index (χ4n) is 1.87. The van der Waals surface area contributed by atoms with Crippen molar-refractivity contribution < 1.29 is 4.74 Å². The predicted molar refractivity (Wildman–Crippen MR) is 85.1 cm³/mol. The van der Waals surface area contributed by atoms with Gasteiger partial charge >= 0.3 is 0 Å². The zero-order valence-corrected chi connectivity index (χ0v) is 12.8. The van der Waals surface area contributed by atoms with Gasteiger partial charge < -0.3 is 9.64 Å². The number of para-hydroxylation sites is 1. The summed E-state index contributed by atoms with van der Waals surface area (Å²) in [5.74, 6) is 6.54. The highest BCUT2D eigenvalue weighted by Crippen LogP contribution is 2.34. The third kappa shape index (κ3) is 3.65. The van der Waals surface area contributed by atoms with E-state index in [1.807, 2.05) is 42.2 Å². The van der Waals surface area contributed by atoms with Crippen molar-refractivity contribution in [1.82, 2.24) is 9.97 Å². The summed E-state index contributed by atoms with van der Waals surface area (Å²) >= 11 is 6.37. The second kappa shape index (κ2) is 7.51. The van der Waals surface area contributed by atoms with E-state index >= 15 is 0 Å². The molecule has 108 valence electrons. The van der Waals surface area contributed by atoms with Crippen molar-refractivity contribution in [1.29, 1.82) is 0 Å². The Balaban J connectivity index is 2.33. The quantitative estimate of drug-likeness (QED) is 0.790. The van der Waals surface area contributed by atoms with Gasteiger partial charge in [0.1, 0.15) is 11.3 Å². The van der Waals surface area contributed by atoms with Crippen molar-refractivity contribution in [2.75, 3.05) is 18.1 Å². The molecule has 2 aromatic rings. The van der Waals surface area contributed by atoms with E-state index in [2.05, 4.69) is 21.8 Å². The molecule has 0 saturated carbocycles. The highest BCUT2D eigenvalue weighted by Gasteiger charge is 2.16. The van der Waals surface area contributed by atoms with Gasteiger partial charge in [-0.15, -0.1) is 5.92 Å². The molecule has 5 heteroatoms. The Morgan fingerprint density at radius 1 is 1.24 bits per heavy atom. The largest absolute Gasteiger partial charge is 0.463 e. The minimum Gasteiger partial charge on any atom is -0.463 e. The normalized spacial score (nSPS) is 9.67. The molecule has 1 aromatic heterocycles. The first-order valence-corrected chi connectivity index (χ1v) is 7.01. The summed E-state index contributed by atoms with van der Waals surface area (Å²) in [7, 11) is 0. The monoisotopic (exact) mass is 301 g/mol. The number of nitrogens with zero attached hydrogens (tertiary/aromatic N) is 3. The number of anilines is 2. The van der Waals surface area contributed by atoms with E-state index in [1.54, 1.807) is 6.92 Å². The van der Waals surface area contributed by atoms with Gasteiger partial charge in [-0.05, 0) is 26.0 Å². The zero-order valence-electron chi connectivity index (χ0n) is 12.0. The molecular weight excluding hydrogens is 286 g/mol. The van der Waals surface area contributed by atoms with Crippen LogP contribution in [0.4, 0.5) is 11.5 Å². The molecule has 0 fully saturated rings. The van der Waals surface area contributed by atoms with Gasteiger partial charge in [0.15, 0.2) is 12.4 Å². The number of hydrogen-bond acceptors (Lipinski definition) is 4. The van der Waals surface area contributed by atoms with Crippen LogP contribution in [0.3, 0.4) is 0 Å². The Kier molecular flexibility index (Phi) is 5.42. The third-order valence-electron chi connectivity index (χ3n) is 2.84. The lowest BCUT2D eigenvalue weighted by Gasteiger charge is -2.23. The second-order valence-corrected chi connectivity index (χ2v) is 4.49. The summed E-state index contributed by atoms with van der Waals surface area (Å²) in [6, 6.07) is 9.93. The number of ether oxygens (including phenoxy) is 1. The van der Waals surface area contributed by atoms with Gasteiger partial charge in [-0.3, -0.25) is 0 Å². The first-order chi connectivity index (χ1) is 10.3. The lowest BCUT2D eigenvalue weighted by atomic mass is 10.3. The fraction of sp³-hybridized carbons (Fsp3) is 0.250. The van der Waals surface area contributed by atoms with Crippen LogP contribution in [0.5, 0.6) is 5.88 Å². The van der Waals surface area contributed by atoms with Gasteiger partial charge in [0.05, 0.1) is 0 Å². The summed E-state index contributed by atoms with van der Waals surface area (Å²) in [6.07, 6.45) is 1.45. The molecule has 0 aliphatic rings. The summed E-state index contributed by atoms with van der Waals surface area (Å²) in [6.45, 7) is 4.78. The molecule has 0 N–H and O–H groups in total. The molecule has 0 aliphatic carbocycles.